The van der Waals surface area contributed by atoms with Gasteiger partial charge in [0, 0.05) is 0 Å². The van der Waals surface area contributed by atoms with E-state index in [2.05, 4.69) is 11.8 Å². The van der Waals surface area contributed by atoms with Crippen molar-refractivity contribution in [2.24, 2.45) is 0 Å². The quantitative estimate of drug-likeness (QED) is 0.415. The van der Waals surface area contributed by atoms with Crippen molar-refractivity contribution < 1.29 is 0 Å². The van der Waals surface area contributed by atoms with Crippen molar-refractivity contribution in [2.45, 2.75) is 26.2 Å². The molecule has 1 fully saturated rings. The molecular formula is C8H10. The second-order valence-corrected chi connectivity index (χ2v) is 2.05. The van der Waals surface area contributed by atoms with Gasteiger partial charge in [-0.05, 0) is 32.3 Å². The van der Waals surface area contributed by atoms with Gasteiger partial charge in [0.1, 0.15) is 0 Å². The van der Waals surface area contributed by atoms with E-state index < -0.39 is 0 Å². The van der Waals surface area contributed by atoms with Gasteiger partial charge >= 0.3 is 0 Å². The normalized spacial score (nSPS) is 15.9. The first-order chi connectivity index (χ1) is 3.93. The maximum Gasteiger partial charge on any atom is -0.00235 e. The van der Waals surface area contributed by atoms with Gasteiger partial charge in [0.2, 0.25) is 0 Å². The highest BCUT2D eigenvalue weighted by molar-refractivity contribution is 5.23. The average molecular weight is 106 g/mol. The van der Waals surface area contributed by atoms with Crippen LogP contribution in [-0.4, -0.2) is 0 Å². The summed E-state index contributed by atoms with van der Waals surface area (Å²) in [4.78, 5) is 0. The van der Waals surface area contributed by atoms with Crippen molar-refractivity contribution in [3.8, 4) is 11.8 Å². The van der Waals surface area contributed by atoms with Crippen LogP contribution in [0.4, 0.5) is 0 Å². The molecule has 1 aliphatic rings. The van der Waals surface area contributed by atoms with E-state index in [1.165, 1.54) is 24.8 Å². The number of allylic oxidation sites excluding steroid dienone is 2. The molecule has 0 bridgehead atoms. The molecule has 42 valence electrons. The summed E-state index contributed by atoms with van der Waals surface area (Å²) in [5.41, 5.74) is 1.53. The Morgan fingerprint density at radius 1 is 1.50 bits per heavy atom. The van der Waals surface area contributed by atoms with Crippen molar-refractivity contribution in [3.05, 3.63) is 11.6 Å². The third-order valence-electron chi connectivity index (χ3n) is 1.42. The van der Waals surface area contributed by atoms with Crippen LogP contribution in [0.2, 0.25) is 0 Å². The Morgan fingerprint density at radius 2 is 2.25 bits per heavy atom. The van der Waals surface area contributed by atoms with Crippen molar-refractivity contribution >= 4 is 0 Å². The molecule has 0 aromatic carbocycles. The molecule has 1 saturated carbocycles. The zero-order valence-electron chi connectivity index (χ0n) is 5.20. The lowest BCUT2D eigenvalue weighted by Crippen LogP contribution is -1.94. The van der Waals surface area contributed by atoms with Gasteiger partial charge in [-0.15, -0.1) is 5.92 Å². The molecule has 0 nitrogen and oxygen atoms in total. The molecular weight excluding hydrogens is 96.1 g/mol. The molecule has 0 amide bonds. The minimum Gasteiger partial charge on any atom is -0.102 e. The summed E-state index contributed by atoms with van der Waals surface area (Å²) in [6, 6.07) is 0. The first-order valence-corrected chi connectivity index (χ1v) is 3.03. The fourth-order valence-electron chi connectivity index (χ4n) is 0.699. The van der Waals surface area contributed by atoms with Gasteiger partial charge in [0.05, 0.1) is 0 Å². The zero-order chi connectivity index (χ0) is 5.82. The van der Waals surface area contributed by atoms with Crippen LogP contribution in [0.3, 0.4) is 0 Å². The van der Waals surface area contributed by atoms with E-state index >= 15 is 0 Å². The second-order valence-electron chi connectivity index (χ2n) is 2.05. The van der Waals surface area contributed by atoms with Crippen LogP contribution in [0, 0.1) is 11.8 Å². The largest absolute Gasteiger partial charge is 0.102 e. The third kappa shape index (κ3) is 1.13. The van der Waals surface area contributed by atoms with Crippen molar-refractivity contribution in [3.63, 3.8) is 0 Å². The fourth-order valence-corrected chi connectivity index (χ4v) is 0.699. The van der Waals surface area contributed by atoms with Crippen LogP contribution in [0.1, 0.15) is 26.2 Å². The molecule has 1 rings (SSSR count). The smallest absolute Gasteiger partial charge is 0.00235 e. The van der Waals surface area contributed by atoms with Gasteiger partial charge in [-0.2, -0.15) is 0 Å². The summed E-state index contributed by atoms with van der Waals surface area (Å²) in [5.74, 6) is 5.78. The van der Waals surface area contributed by atoms with Gasteiger partial charge in [-0.3, -0.25) is 0 Å². The van der Waals surface area contributed by atoms with E-state index in [1.807, 2.05) is 13.0 Å². The Hall–Kier alpha value is -0.700. The number of hydrogen-bond donors (Lipinski definition) is 0. The predicted octanol–water partition coefficient (Wildman–Crippen LogP) is 2.12. The van der Waals surface area contributed by atoms with E-state index in [0.717, 1.165) is 0 Å². The molecule has 0 aliphatic heterocycles. The van der Waals surface area contributed by atoms with Gasteiger partial charge in [-0.25, -0.2) is 0 Å². The summed E-state index contributed by atoms with van der Waals surface area (Å²) in [6.07, 6.45) is 5.99. The molecule has 8 heavy (non-hydrogen) atoms. The first kappa shape index (κ1) is 5.44. The van der Waals surface area contributed by atoms with Crippen molar-refractivity contribution in [1.82, 2.24) is 0 Å². The summed E-state index contributed by atoms with van der Waals surface area (Å²) >= 11 is 0. The maximum atomic E-state index is 2.94. The molecule has 0 N–H and O–H groups in total. The monoisotopic (exact) mass is 106 g/mol. The molecule has 0 radical (unpaired) electrons. The molecule has 0 heterocycles. The molecule has 0 aromatic rings. The molecule has 0 atom stereocenters. The van der Waals surface area contributed by atoms with Crippen molar-refractivity contribution in [1.29, 1.82) is 0 Å². The Labute approximate surface area is 50.6 Å². The van der Waals surface area contributed by atoms with E-state index in [4.69, 9.17) is 0 Å². The van der Waals surface area contributed by atoms with Gasteiger partial charge in [0.25, 0.3) is 0 Å². The van der Waals surface area contributed by atoms with Crippen LogP contribution in [0.5, 0.6) is 0 Å². The number of hydrogen-bond acceptors (Lipinski definition) is 0. The lowest BCUT2D eigenvalue weighted by molar-refractivity contribution is 0.663. The highest BCUT2D eigenvalue weighted by Crippen LogP contribution is 2.24. The molecule has 0 saturated heterocycles. The standard InChI is InChI=1S/C8H10/c1-2-3-5-8-6-4-7-8/h5H,4,6-7H2,1H3. The van der Waals surface area contributed by atoms with E-state index in [0.29, 0.717) is 0 Å². The van der Waals surface area contributed by atoms with Crippen LogP contribution >= 0.6 is 0 Å². The molecule has 0 spiro atoms. The van der Waals surface area contributed by atoms with Gasteiger partial charge in [-0.1, -0.05) is 11.5 Å². The Balaban J connectivity index is 2.38. The lowest BCUT2D eigenvalue weighted by Gasteiger charge is -2.13. The van der Waals surface area contributed by atoms with Crippen LogP contribution in [0.15, 0.2) is 11.6 Å². The van der Waals surface area contributed by atoms with Crippen LogP contribution in [-0.2, 0) is 0 Å². The van der Waals surface area contributed by atoms with Crippen LogP contribution < -0.4 is 0 Å². The Morgan fingerprint density at radius 3 is 2.62 bits per heavy atom. The number of rotatable bonds is 0. The molecule has 0 aromatic heterocycles. The fraction of sp³-hybridized carbons (Fsp3) is 0.500. The molecule has 0 unspecified atom stereocenters. The minimum atomic E-state index is 1.29. The minimum absolute atomic E-state index is 1.29. The Bertz CT molecular complexity index is 147. The highest BCUT2D eigenvalue weighted by Gasteiger charge is 2.05. The second kappa shape index (κ2) is 2.57. The van der Waals surface area contributed by atoms with Gasteiger partial charge < -0.3 is 0 Å². The predicted molar refractivity (Wildman–Crippen MR) is 35.4 cm³/mol. The average Bonchev–Trinajstić information content (AvgIpc) is 1.63. The summed E-state index contributed by atoms with van der Waals surface area (Å²) in [5, 5.41) is 0. The zero-order valence-corrected chi connectivity index (χ0v) is 5.20. The molecule has 0 heteroatoms. The van der Waals surface area contributed by atoms with E-state index in [9.17, 15) is 0 Å². The third-order valence-corrected chi connectivity index (χ3v) is 1.42. The first-order valence-electron chi connectivity index (χ1n) is 3.03. The van der Waals surface area contributed by atoms with E-state index in [-0.39, 0.29) is 0 Å². The van der Waals surface area contributed by atoms with Crippen LogP contribution in [0.25, 0.3) is 0 Å². The van der Waals surface area contributed by atoms with Gasteiger partial charge in [0.15, 0.2) is 0 Å². The summed E-state index contributed by atoms with van der Waals surface area (Å²) in [7, 11) is 0. The Kier molecular flexibility index (Phi) is 1.75. The topological polar surface area (TPSA) is 0 Å². The highest BCUT2D eigenvalue weighted by atomic mass is 14.1. The lowest BCUT2D eigenvalue weighted by atomic mass is 9.92. The maximum absolute atomic E-state index is 2.94. The summed E-state index contributed by atoms with van der Waals surface area (Å²) in [6.45, 7) is 1.87. The molecule has 1 aliphatic carbocycles. The SMILES string of the molecule is CC#CC=C1CCC1. The van der Waals surface area contributed by atoms with E-state index in [1.54, 1.807) is 0 Å². The summed E-state index contributed by atoms with van der Waals surface area (Å²) < 4.78 is 0. The van der Waals surface area contributed by atoms with Crippen molar-refractivity contribution in [2.75, 3.05) is 0 Å².